The minimum Gasteiger partial charge on any atom is -0.478 e. The van der Waals surface area contributed by atoms with Crippen molar-refractivity contribution in [3.8, 4) is 0 Å². The molecule has 1 aromatic carbocycles. The minimum atomic E-state index is -0.983. The van der Waals surface area contributed by atoms with Crippen molar-refractivity contribution in [3.63, 3.8) is 0 Å². The van der Waals surface area contributed by atoms with Gasteiger partial charge < -0.3 is 14.7 Å². The number of pyridine rings is 1. The van der Waals surface area contributed by atoms with Crippen LogP contribution in [0, 0.1) is 0 Å². The van der Waals surface area contributed by atoms with Gasteiger partial charge in [-0.3, -0.25) is 4.98 Å². The molecule has 1 aromatic heterocycles. The standard InChI is InChI=1S/C15H15FN2O3/c16-8-11-9-18(5-6-21-11)10-1-2-14-13(7-10)12(15(19)20)3-4-17-14/h1-4,7,11H,5-6,8-9H2,(H,19,20). The van der Waals surface area contributed by atoms with Crippen LogP contribution in [0.3, 0.4) is 0 Å². The summed E-state index contributed by atoms with van der Waals surface area (Å²) in [6.07, 6.45) is 1.06. The van der Waals surface area contributed by atoms with Crippen LogP contribution in [0.15, 0.2) is 30.5 Å². The lowest BCUT2D eigenvalue weighted by molar-refractivity contribution is 0.0247. The van der Waals surface area contributed by atoms with E-state index in [1.54, 1.807) is 12.1 Å². The molecule has 0 bridgehead atoms. The van der Waals surface area contributed by atoms with Gasteiger partial charge in [0.05, 0.1) is 17.7 Å². The van der Waals surface area contributed by atoms with Crippen LogP contribution in [-0.4, -0.2) is 48.5 Å². The van der Waals surface area contributed by atoms with Gasteiger partial charge >= 0.3 is 5.97 Å². The lowest BCUT2D eigenvalue weighted by atomic mass is 10.1. The Hall–Kier alpha value is -2.21. The Morgan fingerprint density at radius 2 is 2.33 bits per heavy atom. The third-order valence-corrected chi connectivity index (χ3v) is 3.63. The molecule has 0 saturated carbocycles. The SMILES string of the molecule is O=C(O)c1ccnc2ccc(N3CCOC(CF)C3)cc12. The fraction of sp³-hybridized carbons (Fsp3) is 0.333. The van der Waals surface area contributed by atoms with Crippen molar-refractivity contribution in [2.24, 2.45) is 0 Å². The Labute approximate surface area is 121 Å². The summed E-state index contributed by atoms with van der Waals surface area (Å²) in [4.78, 5) is 17.5. The number of halogens is 1. The zero-order valence-corrected chi connectivity index (χ0v) is 11.3. The van der Waals surface area contributed by atoms with Gasteiger partial charge in [0, 0.05) is 30.4 Å². The van der Waals surface area contributed by atoms with E-state index in [-0.39, 0.29) is 5.56 Å². The second-order valence-electron chi connectivity index (χ2n) is 4.96. The van der Waals surface area contributed by atoms with Crippen molar-refractivity contribution < 1.29 is 19.0 Å². The fourth-order valence-electron chi connectivity index (χ4n) is 2.56. The first-order valence-electron chi connectivity index (χ1n) is 6.73. The topological polar surface area (TPSA) is 62.7 Å². The molecule has 0 radical (unpaired) electrons. The molecule has 2 heterocycles. The summed E-state index contributed by atoms with van der Waals surface area (Å²) in [5.41, 5.74) is 1.71. The Morgan fingerprint density at radius 1 is 1.48 bits per heavy atom. The van der Waals surface area contributed by atoms with Crippen molar-refractivity contribution in [1.29, 1.82) is 0 Å². The van der Waals surface area contributed by atoms with Crippen LogP contribution in [-0.2, 0) is 4.74 Å². The molecule has 1 N–H and O–H groups in total. The highest BCUT2D eigenvalue weighted by molar-refractivity contribution is 6.03. The van der Waals surface area contributed by atoms with Crippen molar-refractivity contribution >= 4 is 22.6 Å². The van der Waals surface area contributed by atoms with E-state index in [9.17, 15) is 14.3 Å². The number of hydrogen-bond acceptors (Lipinski definition) is 4. The molecule has 110 valence electrons. The van der Waals surface area contributed by atoms with Gasteiger partial charge in [-0.15, -0.1) is 0 Å². The second-order valence-corrected chi connectivity index (χ2v) is 4.96. The number of benzene rings is 1. The average molecular weight is 290 g/mol. The summed E-state index contributed by atoms with van der Waals surface area (Å²) in [6.45, 7) is 1.06. The Balaban J connectivity index is 2.00. The highest BCUT2D eigenvalue weighted by Gasteiger charge is 2.21. The monoisotopic (exact) mass is 290 g/mol. The maximum atomic E-state index is 12.8. The van der Waals surface area contributed by atoms with Crippen LogP contribution in [0.1, 0.15) is 10.4 Å². The number of rotatable bonds is 3. The average Bonchev–Trinajstić information content (AvgIpc) is 2.53. The second kappa shape index (κ2) is 5.65. The van der Waals surface area contributed by atoms with E-state index < -0.39 is 18.7 Å². The molecule has 5 nitrogen and oxygen atoms in total. The normalized spacial score (nSPS) is 18.9. The predicted molar refractivity (Wildman–Crippen MR) is 76.6 cm³/mol. The van der Waals surface area contributed by atoms with Crippen molar-refractivity contribution in [1.82, 2.24) is 4.98 Å². The molecular formula is C15H15FN2O3. The number of carboxylic acids is 1. The van der Waals surface area contributed by atoms with E-state index in [4.69, 9.17) is 4.74 Å². The number of fused-ring (bicyclic) bond motifs is 1. The molecule has 1 aliphatic rings. The highest BCUT2D eigenvalue weighted by Crippen LogP contribution is 2.25. The summed E-state index contributed by atoms with van der Waals surface area (Å²) in [6, 6.07) is 6.95. The van der Waals surface area contributed by atoms with Crippen LogP contribution in [0.2, 0.25) is 0 Å². The number of ether oxygens (including phenoxy) is 1. The smallest absolute Gasteiger partial charge is 0.336 e. The largest absolute Gasteiger partial charge is 0.478 e. The van der Waals surface area contributed by atoms with E-state index >= 15 is 0 Å². The first-order valence-corrected chi connectivity index (χ1v) is 6.73. The molecule has 1 unspecified atom stereocenters. The zero-order valence-electron chi connectivity index (χ0n) is 11.3. The van der Waals surface area contributed by atoms with Crippen molar-refractivity contribution in [2.75, 3.05) is 31.3 Å². The number of carbonyl (C=O) groups is 1. The Kier molecular flexibility index (Phi) is 3.70. The fourth-order valence-corrected chi connectivity index (χ4v) is 2.56. The van der Waals surface area contributed by atoms with Gasteiger partial charge in [-0.25, -0.2) is 9.18 Å². The summed E-state index contributed by atoms with van der Waals surface area (Å²) < 4.78 is 18.1. The molecule has 0 spiro atoms. The number of anilines is 1. The predicted octanol–water partition coefficient (Wildman–Crippen LogP) is 2.11. The maximum Gasteiger partial charge on any atom is 0.336 e. The van der Waals surface area contributed by atoms with Gasteiger partial charge in [-0.1, -0.05) is 0 Å². The van der Waals surface area contributed by atoms with Crippen LogP contribution in [0.25, 0.3) is 10.9 Å². The number of aromatic nitrogens is 1. The number of hydrogen-bond donors (Lipinski definition) is 1. The number of carboxylic acid groups (broad SMARTS) is 1. The minimum absolute atomic E-state index is 0.220. The summed E-state index contributed by atoms with van der Waals surface area (Å²) >= 11 is 0. The third-order valence-electron chi connectivity index (χ3n) is 3.63. The highest BCUT2D eigenvalue weighted by atomic mass is 19.1. The number of alkyl halides is 1. The van der Waals surface area contributed by atoms with Crippen molar-refractivity contribution in [3.05, 3.63) is 36.0 Å². The van der Waals surface area contributed by atoms with E-state index in [1.807, 2.05) is 11.0 Å². The molecule has 21 heavy (non-hydrogen) atoms. The molecule has 6 heteroatoms. The van der Waals surface area contributed by atoms with E-state index in [1.165, 1.54) is 12.3 Å². The molecule has 0 aliphatic carbocycles. The summed E-state index contributed by atoms with van der Waals surface area (Å²) in [7, 11) is 0. The van der Waals surface area contributed by atoms with Crippen LogP contribution in [0.4, 0.5) is 10.1 Å². The van der Waals surface area contributed by atoms with Crippen LogP contribution in [0.5, 0.6) is 0 Å². The molecule has 2 aromatic rings. The lowest BCUT2D eigenvalue weighted by Gasteiger charge is -2.33. The molecule has 1 fully saturated rings. The summed E-state index contributed by atoms with van der Waals surface area (Å²) in [5.74, 6) is -0.983. The molecule has 1 aliphatic heterocycles. The van der Waals surface area contributed by atoms with Gasteiger partial charge in [0.25, 0.3) is 0 Å². The van der Waals surface area contributed by atoms with Crippen LogP contribution < -0.4 is 4.90 Å². The number of nitrogens with zero attached hydrogens (tertiary/aromatic N) is 2. The van der Waals surface area contributed by atoms with Gasteiger partial charge in [-0.05, 0) is 24.3 Å². The third kappa shape index (κ3) is 2.67. The van der Waals surface area contributed by atoms with Gasteiger partial charge in [0.15, 0.2) is 0 Å². The van der Waals surface area contributed by atoms with Gasteiger partial charge in [-0.2, -0.15) is 0 Å². The Morgan fingerprint density at radius 3 is 3.10 bits per heavy atom. The first kappa shape index (κ1) is 13.8. The Bertz CT molecular complexity index is 677. The van der Waals surface area contributed by atoms with Gasteiger partial charge in [0.1, 0.15) is 12.8 Å². The molecule has 3 rings (SSSR count). The van der Waals surface area contributed by atoms with E-state index in [0.29, 0.717) is 30.6 Å². The maximum absolute atomic E-state index is 12.8. The molecular weight excluding hydrogens is 275 g/mol. The summed E-state index contributed by atoms with van der Waals surface area (Å²) in [5, 5.41) is 9.84. The lowest BCUT2D eigenvalue weighted by Crippen LogP contribution is -2.43. The van der Waals surface area contributed by atoms with E-state index in [0.717, 1.165) is 5.69 Å². The van der Waals surface area contributed by atoms with Crippen molar-refractivity contribution in [2.45, 2.75) is 6.10 Å². The zero-order chi connectivity index (χ0) is 14.8. The number of morpholine rings is 1. The van der Waals surface area contributed by atoms with E-state index in [2.05, 4.69) is 4.98 Å². The molecule has 1 atom stereocenters. The molecule has 1 saturated heterocycles. The first-order chi connectivity index (χ1) is 10.2. The van der Waals surface area contributed by atoms with Gasteiger partial charge in [0.2, 0.25) is 0 Å². The van der Waals surface area contributed by atoms with Crippen LogP contribution >= 0.6 is 0 Å². The quantitative estimate of drug-likeness (QED) is 0.938. The number of aromatic carboxylic acids is 1. The molecule has 0 amide bonds.